The van der Waals surface area contributed by atoms with Crippen LogP contribution in [0.25, 0.3) is 0 Å². The van der Waals surface area contributed by atoms with Crippen LogP contribution in [0.4, 0.5) is 14.9 Å². The Morgan fingerprint density at radius 1 is 1.33 bits per heavy atom. The molecule has 96 valence electrons. The van der Waals surface area contributed by atoms with Crippen molar-refractivity contribution in [2.75, 3.05) is 5.32 Å². The van der Waals surface area contributed by atoms with E-state index in [4.69, 9.17) is 5.11 Å². The second kappa shape index (κ2) is 5.03. The Morgan fingerprint density at radius 3 is 2.61 bits per heavy atom. The lowest BCUT2D eigenvalue weighted by Crippen LogP contribution is -2.42. The molecular formula is C12H13FN2O3. The summed E-state index contributed by atoms with van der Waals surface area (Å²) in [6.45, 7) is 0. The van der Waals surface area contributed by atoms with E-state index in [2.05, 4.69) is 10.6 Å². The van der Waals surface area contributed by atoms with Gasteiger partial charge in [-0.2, -0.15) is 0 Å². The van der Waals surface area contributed by atoms with Gasteiger partial charge in [0.15, 0.2) is 0 Å². The van der Waals surface area contributed by atoms with Gasteiger partial charge >= 0.3 is 12.0 Å². The monoisotopic (exact) mass is 252 g/mol. The van der Waals surface area contributed by atoms with Gasteiger partial charge in [-0.15, -0.1) is 0 Å². The molecule has 1 aromatic rings. The third-order valence-electron chi connectivity index (χ3n) is 2.92. The van der Waals surface area contributed by atoms with E-state index in [-0.39, 0.29) is 11.7 Å². The number of aromatic carboxylic acids is 1. The van der Waals surface area contributed by atoms with Crippen LogP contribution in [0.15, 0.2) is 18.2 Å². The minimum absolute atomic E-state index is 0.0423. The first-order valence-electron chi connectivity index (χ1n) is 5.67. The number of carboxylic acid groups (broad SMARTS) is 1. The summed E-state index contributed by atoms with van der Waals surface area (Å²) in [5, 5.41) is 13.9. The number of anilines is 1. The fourth-order valence-corrected chi connectivity index (χ4v) is 1.74. The molecule has 0 unspecified atom stereocenters. The lowest BCUT2D eigenvalue weighted by atomic mass is 9.93. The smallest absolute Gasteiger partial charge is 0.340 e. The van der Waals surface area contributed by atoms with E-state index < -0.39 is 23.4 Å². The second-order valence-corrected chi connectivity index (χ2v) is 4.19. The van der Waals surface area contributed by atoms with Crippen LogP contribution in [0.3, 0.4) is 0 Å². The van der Waals surface area contributed by atoms with Gasteiger partial charge in [0.2, 0.25) is 0 Å². The first kappa shape index (κ1) is 12.3. The van der Waals surface area contributed by atoms with Crippen molar-refractivity contribution in [2.24, 2.45) is 0 Å². The van der Waals surface area contributed by atoms with Crippen LogP contribution in [-0.2, 0) is 0 Å². The van der Waals surface area contributed by atoms with Crippen LogP contribution in [0, 0.1) is 5.82 Å². The Morgan fingerprint density at radius 2 is 2.06 bits per heavy atom. The summed E-state index contributed by atoms with van der Waals surface area (Å²) in [6, 6.07) is 3.37. The number of halogens is 1. The number of carboxylic acids is 1. The molecule has 1 aliphatic rings. The molecule has 18 heavy (non-hydrogen) atoms. The Hall–Kier alpha value is -2.11. The number of rotatable bonds is 3. The zero-order valence-corrected chi connectivity index (χ0v) is 9.57. The van der Waals surface area contributed by atoms with Gasteiger partial charge in [-0.05, 0) is 31.4 Å². The Kier molecular flexibility index (Phi) is 3.45. The summed E-state index contributed by atoms with van der Waals surface area (Å²) in [5.74, 6) is -2.28. The molecule has 0 saturated heterocycles. The molecule has 1 aliphatic carbocycles. The maximum absolute atomic E-state index is 13.3. The first-order valence-corrected chi connectivity index (χ1v) is 5.67. The molecule has 1 aromatic carbocycles. The van der Waals surface area contributed by atoms with Gasteiger partial charge in [0, 0.05) is 6.04 Å². The molecule has 0 heterocycles. The highest BCUT2D eigenvalue weighted by Gasteiger charge is 2.21. The largest absolute Gasteiger partial charge is 0.478 e. The quantitative estimate of drug-likeness (QED) is 0.771. The summed E-state index contributed by atoms with van der Waals surface area (Å²) in [5.41, 5.74) is -0.569. The molecule has 1 saturated carbocycles. The second-order valence-electron chi connectivity index (χ2n) is 4.19. The number of carbonyl (C=O) groups excluding carboxylic acids is 1. The van der Waals surface area contributed by atoms with E-state index in [9.17, 15) is 14.0 Å². The molecular weight excluding hydrogens is 239 g/mol. The zero-order chi connectivity index (χ0) is 13.1. The minimum atomic E-state index is -1.41. The van der Waals surface area contributed by atoms with E-state index in [0.717, 1.165) is 25.3 Å². The highest BCUT2D eigenvalue weighted by Crippen LogP contribution is 2.20. The molecule has 0 bridgehead atoms. The molecule has 5 nitrogen and oxygen atoms in total. The van der Waals surface area contributed by atoms with Crippen molar-refractivity contribution in [2.45, 2.75) is 25.3 Å². The van der Waals surface area contributed by atoms with Gasteiger partial charge in [-0.3, -0.25) is 0 Å². The number of hydrogen-bond acceptors (Lipinski definition) is 2. The molecule has 0 spiro atoms. The number of carbonyl (C=O) groups is 2. The maximum atomic E-state index is 13.3. The predicted molar refractivity (Wildman–Crippen MR) is 63.2 cm³/mol. The van der Waals surface area contributed by atoms with Crippen LogP contribution in [0.2, 0.25) is 0 Å². The van der Waals surface area contributed by atoms with E-state index in [1.165, 1.54) is 12.1 Å². The topological polar surface area (TPSA) is 78.4 Å². The summed E-state index contributed by atoms with van der Waals surface area (Å²) in [7, 11) is 0. The van der Waals surface area contributed by atoms with E-state index >= 15 is 0 Å². The predicted octanol–water partition coefficient (Wildman–Crippen LogP) is 2.20. The van der Waals surface area contributed by atoms with Gasteiger partial charge in [0.25, 0.3) is 0 Å². The molecule has 2 rings (SSSR count). The van der Waals surface area contributed by atoms with Gasteiger partial charge < -0.3 is 15.7 Å². The highest BCUT2D eigenvalue weighted by atomic mass is 19.1. The molecule has 6 heteroatoms. The number of amides is 2. The standard InChI is InChI=1S/C12H13FN2O3/c13-8-5-2-6-9(10(8)11(16)17)15-12(18)14-7-3-1-4-7/h2,5-7H,1,3-4H2,(H,16,17)(H2,14,15,18). The maximum Gasteiger partial charge on any atom is 0.340 e. The van der Waals surface area contributed by atoms with Gasteiger partial charge in [0.05, 0.1) is 5.69 Å². The lowest BCUT2D eigenvalue weighted by Gasteiger charge is -2.26. The number of hydrogen-bond donors (Lipinski definition) is 3. The van der Waals surface area contributed by atoms with Crippen molar-refractivity contribution in [1.29, 1.82) is 0 Å². The van der Waals surface area contributed by atoms with Crippen molar-refractivity contribution in [3.05, 3.63) is 29.6 Å². The van der Waals surface area contributed by atoms with Crippen molar-refractivity contribution >= 4 is 17.7 Å². The molecule has 3 N–H and O–H groups in total. The normalized spacial score (nSPS) is 14.7. The van der Waals surface area contributed by atoms with E-state index in [1.54, 1.807) is 0 Å². The van der Waals surface area contributed by atoms with Gasteiger partial charge in [-0.1, -0.05) is 6.07 Å². The number of urea groups is 1. The Bertz CT molecular complexity index is 486. The van der Waals surface area contributed by atoms with Crippen molar-refractivity contribution in [3.8, 4) is 0 Å². The highest BCUT2D eigenvalue weighted by molar-refractivity contribution is 6.00. The Balaban J connectivity index is 2.10. The van der Waals surface area contributed by atoms with Crippen LogP contribution < -0.4 is 10.6 Å². The van der Waals surface area contributed by atoms with E-state index in [0.29, 0.717) is 0 Å². The number of nitrogens with one attached hydrogen (secondary N) is 2. The molecule has 0 radical (unpaired) electrons. The minimum Gasteiger partial charge on any atom is -0.478 e. The third-order valence-corrected chi connectivity index (χ3v) is 2.92. The molecule has 2 amide bonds. The van der Waals surface area contributed by atoms with Gasteiger partial charge in [-0.25, -0.2) is 14.0 Å². The molecule has 0 aromatic heterocycles. The lowest BCUT2D eigenvalue weighted by molar-refractivity contribution is 0.0693. The average Bonchev–Trinajstić information content (AvgIpc) is 2.23. The Labute approximate surface area is 103 Å². The first-order chi connectivity index (χ1) is 8.58. The molecule has 0 atom stereocenters. The van der Waals surface area contributed by atoms with Crippen molar-refractivity contribution in [1.82, 2.24) is 5.32 Å². The van der Waals surface area contributed by atoms with Gasteiger partial charge in [0.1, 0.15) is 11.4 Å². The zero-order valence-electron chi connectivity index (χ0n) is 9.57. The molecule has 0 aliphatic heterocycles. The summed E-state index contributed by atoms with van der Waals surface area (Å²) < 4.78 is 13.3. The van der Waals surface area contributed by atoms with Crippen LogP contribution in [0.5, 0.6) is 0 Å². The SMILES string of the molecule is O=C(Nc1cccc(F)c1C(=O)O)NC1CCC1. The third kappa shape index (κ3) is 2.58. The van der Waals surface area contributed by atoms with Crippen LogP contribution in [-0.4, -0.2) is 23.1 Å². The van der Waals surface area contributed by atoms with Crippen LogP contribution in [0.1, 0.15) is 29.6 Å². The van der Waals surface area contributed by atoms with Crippen molar-refractivity contribution < 1.29 is 19.1 Å². The fourth-order valence-electron chi connectivity index (χ4n) is 1.74. The van der Waals surface area contributed by atoms with Crippen molar-refractivity contribution in [3.63, 3.8) is 0 Å². The van der Waals surface area contributed by atoms with Crippen LogP contribution >= 0.6 is 0 Å². The summed E-state index contributed by atoms with van der Waals surface area (Å²) in [4.78, 5) is 22.5. The number of benzene rings is 1. The average molecular weight is 252 g/mol. The summed E-state index contributed by atoms with van der Waals surface area (Å²) >= 11 is 0. The van der Waals surface area contributed by atoms with E-state index in [1.807, 2.05) is 0 Å². The summed E-state index contributed by atoms with van der Waals surface area (Å²) in [6.07, 6.45) is 2.91. The fraction of sp³-hybridized carbons (Fsp3) is 0.333. The molecule has 1 fully saturated rings.